The van der Waals surface area contributed by atoms with Crippen LogP contribution in [0.3, 0.4) is 0 Å². The zero-order valence-corrected chi connectivity index (χ0v) is 19.2. The molecular weight excluding hydrogens is 406 g/mol. The summed E-state index contributed by atoms with van der Waals surface area (Å²) in [6.07, 6.45) is 3.99. The van der Waals surface area contributed by atoms with Gasteiger partial charge in [0.05, 0.1) is 11.3 Å². The lowest BCUT2D eigenvalue weighted by molar-refractivity contribution is -0.150. The van der Waals surface area contributed by atoms with Crippen molar-refractivity contribution in [2.45, 2.75) is 58.5 Å². The number of ether oxygens (including phenoxy) is 1. The highest BCUT2D eigenvalue weighted by atomic mass is 32.2. The molecule has 0 aromatic rings. The Balaban J connectivity index is 1.57. The number of carbonyl (C=O) groups excluding carboxylic acids is 2. The number of piperidine rings is 2. The number of rotatable bonds is 7. The van der Waals surface area contributed by atoms with Crippen molar-refractivity contribution < 1.29 is 22.7 Å². The van der Waals surface area contributed by atoms with Gasteiger partial charge >= 0.3 is 5.97 Å². The van der Waals surface area contributed by atoms with E-state index in [4.69, 9.17) is 4.74 Å². The van der Waals surface area contributed by atoms with E-state index in [-0.39, 0.29) is 24.7 Å². The van der Waals surface area contributed by atoms with E-state index in [0.29, 0.717) is 30.5 Å². The van der Waals surface area contributed by atoms with E-state index in [2.05, 4.69) is 17.1 Å². The average molecular weight is 442 g/mol. The largest absolute Gasteiger partial charge is 0.450 e. The van der Waals surface area contributed by atoms with Crippen LogP contribution in [-0.4, -0.2) is 80.1 Å². The van der Waals surface area contributed by atoms with Gasteiger partial charge in [-0.15, -0.1) is 0 Å². The van der Waals surface area contributed by atoms with Gasteiger partial charge in [-0.2, -0.15) is 0 Å². The molecule has 0 aromatic carbocycles. The van der Waals surface area contributed by atoms with Crippen LogP contribution in [0.15, 0.2) is 11.1 Å². The molecule has 3 aliphatic rings. The minimum absolute atomic E-state index is 0.0395. The van der Waals surface area contributed by atoms with Crippen molar-refractivity contribution in [3.63, 3.8) is 0 Å². The molecule has 30 heavy (non-hydrogen) atoms. The van der Waals surface area contributed by atoms with Crippen LogP contribution in [0.25, 0.3) is 0 Å². The zero-order chi connectivity index (χ0) is 21.9. The first kappa shape index (κ1) is 23.2. The molecule has 3 rings (SSSR count). The fraction of sp³-hybridized carbons (Fsp3) is 0.810. The SMILES string of the molecule is CCS(=O)(=O)N1CCC2(CC1)OC(=O)C(C)=C2C(=O)NCCCN1CCC[C@H](C)C1. The van der Waals surface area contributed by atoms with Crippen LogP contribution in [0.2, 0.25) is 0 Å². The number of carbonyl (C=O) groups is 2. The van der Waals surface area contributed by atoms with Crippen molar-refractivity contribution in [2.24, 2.45) is 5.92 Å². The Labute approximate surface area is 180 Å². The Bertz CT molecular complexity index is 799. The van der Waals surface area contributed by atoms with E-state index >= 15 is 0 Å². The van der Waals surface area contributed by atoms with Gasteiger partial charge in [0.25, 0.3) is 5.91 Å². The molecular formula is C21H35N3O5S. The van der Waals surface area contributed by atoms with Gasteiger partial charge in [-0.1, -0.05) is 6.92 Å². The minimum Gasteiger partial charge on any atom is -0.450 e. The summed E-state index contributed by atoms with van der Waals surface area (Å²) in [5.74, 6) is 0.0223. The molecule has 1 atom stereocenters. The molecule has 3 aliphatic heterocycles. The summed E-state index contributed by atoms with van der Waals surface area (Å²) in [4.78, 5) is 27.7. The third-order valence-electron chi connectivity index (χ3n) is 6.62. The number of nitrogens with zero attached hydrogens (tertiary/aromatic N) is 2. The molecule has 0 aromatic heterocycles. The van der Waals surface area contributed by atoms with Crippen LogP contribution in [-0.2, 0) is 24.3 Å². The maximum atomic E-state index is 13.0. The lowest BCUT2D eigenvalue weighted by Crippen LogP contribution is -2.50. The number of sulfonamides is 1. The van der Waals surface area contributed by atoms with Gasteiger partial charge in [0.1, 0.15) is 5.60 Å². The molecule has 0 bridgehead atoms. The van der Waals surface area contributed by atoms with Gasteiger partial charge in [0, 0.05) is 44.6 Å². The van der Waals surface area contributed by atoms with Crippen LogP contribution < -0.4 is 5.32 Å². The maximum Gasteiger partial charge on any atom is 0.335 e. The van der Waals surface area contributed by atoms with E-state index in [0.717, 1.165) is 32.0 Å². The number of hydrogen-bond donors (Lipinski definition) is 1. The first-order valence-electron chi connectivity index (χ1n) is 11.1. The lowest BCUT2D eigenvalue weighted by Gasteiger charge is -2.38. The quantitative estimate of drug-likeness (QED) is 0.472. The fourth-order valence-corrected chi connectivity index (χ4v) is 5.97. The number of amides is 1. The molecule has 2 fully saturated rings. The predicted molar refractivity (Wildman–Crippen MR) is 114 cm³/mol. The number of esters is 1. The molecule has 3 heterocycles. The Hall–Kier alpha value is -1.45. The van der Waals surface area contributed by atoms with Crippen molar-refractivity contribution in [1.82, 2.24) is 14.5 Å². The van der Waals surface area contributed by atoms with Crippen LogP contribution in [0.1, 0.15) is 52.9 Å². The normalized spacial score (nSPS) is 25.6. The van der Waals surface area contributed by atoms with Crippen molar-refractivity contribution in [3.05, 3.63) is 11.1 Å². The summed E-state index contributed by atoms with van der Waals surface area (Å²) in [6.45, 7) is 9.73. The monoisotopic (exact) mass is 441 g/mol. The fourth-order valence-electron chi connectivity index (χ4n) is 4.87. The van der Waals surface area contributed by atoms with Crippen molar-refractivity contribution in [2.75, 3.05) is 45.0 Å². The minimum atomic E-state index is -3.29. The highest BCUT2D eigenvalue weighted by Crippen LogP contribution is 2.41. The first-order chi connectivity index (χ1) is 14.2. The summed E-state index contributed by atoms with van der Waals surface area (Å²) >= 11 is 0. The Morgan fingerprint density at radius 1 is 1.27 bits per heavy atom. The number of nitrogens with one attached hydrogen (secondary N) is 1. The molecule has 8 nitrogen and oxygen atoms in total. The van der Waals surface area contributed by atoms with Gasteiger partial charge in [-0.25, -0.2) is 17.5 Å². The van der Waals surface area contributed by atoms with Gasteiger partial charge in [0.15, 0.2) is 0 Å². The van der Waals surface area contributed by atoms with Gasteiger partial charge in [-0.3, -0.25) is 4.79 Å². The molecule has 9 heteroatoms. The lowest BCUT2D eigenvalue weighted by atomic mass is 9.83. The number of likely N-dealkylation sites (tertiary alicyclic amines) is 1. The standard InChI is InChI=1S/C21H35N3O5S/c1-4-30(27,28)24-13-8-21(9-14-24)18(17(3)20(26)29-21)19(25)22-10-6-12-23-11-5-7-16(2)15-23/h16H,4-15H2,1-3H3,(H,22,25)/t16-/m0/s1. The van der Waals surface area contributed by atoms with Crippen molar-refractivity contribution in [3.8, 4) is 0 Å². The van der Waals surface area contributed by atoms with Gasteiger partial charge in [-0.05, 0) is 52.1 Å². The van der Waals surface area contributed by atoms with Crippen molar-refractivity contribution in [1.29, 1.82) is 0 Å². The third kappa shape index (κ3) is 4.89. The average Bonchev–Trinajstić information content (AvgIpc) is 2.95. The summed E-state index contributed by atoms with van der Waals surface area (Å²) in [5.41, 5.74) is -0.287. The molecule has 0 saturated carbocycles. The second-order valence-electron chi connectivity index (χ2n) is 8.84. The molecule has 0 aliphatic carbocycles. The van der Waals surface area contributed by atoms with Crippen LogP contribution in [0, 0.1) is 5.92 Å². The Kier molecular flexibility index (Phi) is 7.24. The summed E-state index contributed by atoms with van der Waals surface area (Å²) in [5, 5.41) is 2.96. The van der Waals surface area contributed by atoms with Crippen LogP contribution >= 0.6 is 0 Å². The molecule has 170 valence electrons. The van der Waals surface area contributed by atoms with E-state index in [9.17, 15) is 18.0 Å². The molecule has 1 amide bonds. The van der Waals surface area contributed by atoms with Crippen molar-refractivity contribution >= 4 is 21.9 Å². The van der Waals surface area contributed by atoms with E-state index in [1.54, 1.807) is 13.8 Å². The second kappa shape index (κ2) is 9.36. The van der Waals surface area contributed by atoms with E-state index in [1.807, 2.05) is 0 Å². The molecule has 2 saturated heterocycles. The first-order valence-corrected chi connectivity index (χ1v) is 12.7. The topological polar surface area (TPSA) is 96.0 Å². The van der Waals surface area contributed by atoms with Gasteiger partial charge < -0.3 is 15.0 Å². The molecule has 0 unspecified atom stereocenters. The zero-order valence-electron chi connectivity index (χ0n) is 18.4. The summed E-state index contributed by atoms with van der Waals surface area (Å²) < 4.78 is 31.4. The Morgan fingerprint density at radius 2 is 1.97 bits per heavy atom. The summed E-state index contributed by atoms with van der Waals surface area (Å²) in [6, 6.07) is 0. The molecule has 0 radical (unpaired) electrons. The summed E-state index contributed by atoms with van der Waals surface area (Å²) in [7, 11) is -3.29. The molecule has 1 N–H and O–H groups in total. The highest BCUT2D eigenvalue weighted by Gasteiger charge is 2.51. The third-order valence-corrected chi connectivity index (χ3v) is 8.50. The smallest absolute Gasteiger partial charge is 0.335 e. The molecule has 1 spiro atoms. The van der Waals surface area contributed by atoms with Gasteiger partial charge in [0.2, 0.25) is 10.0 Å². The number of hydrogen-bond acceptors (Lipinski definition) is 6. The highest BCUT2D eigenvalue weighted by molar-refractivity contribution is 7.89. The van der Waals surface area contributed by atoms with E-state index in [1.165, 1.54) is 17.1 Å². The van der Waals surface area contributed by atoms with E-state index < -0.39 is 21.6 Å². The Morgan fingerprint density at radius 3 is 2.60 bits per heavy atom. The second-order valence-corrected chi connectivity index (χ2v) is 11.1. The van der Waals surface area contributed by atoms with Crippen LogP contribution in [0.4, 0.5) is 0 Å². The van der Waals surface area contributed by atoms with Crippen LogP contribution in [0.5, 0.6) is 0 Å². The maximum absolute atomic E-state index is 13.0. The predicted octanol–water partition coefficient (Wildman–Crippen LogP) is 1.28.